The van der Waals surface area contributed by atoms with Crippen molar-refractivity contribution < 1.29 is 44.5 Å². The fraction of sp³-hybridized carbons (Fsp3) is 0.304. The van der Waals surface area contributed by atoms with Gasteiger partial charge in [-0.3, -0.25) is 19.2 Å². The highest BCUT2D eigenvalue weighted by Crippen LogP contribution is 2.38. The van der Waals surface area contributed by atoms with Gasteiger partial charge in [-0.15, -0.1) is 0 Å². The maximum Gasteiger partial charge on any atom is 0.488 e. The molecule has 0 spiro atoms. The number of carboxylic acids is 3. The Labute approximate surface area is 196 Å². The van der Waals surface area contributed by atoms with E-state index in [0.717, 1.165) is 6.92 Å². The van der Waals surface area contributed by atoms with Gasteiger partial charge in [0.25, 0.3) is 0 Å². The van der Waals surface area contributed by atoms with Crippen LogP contribution in [0.15, 0.2) is 54.6 Å². The molecule has 34 heavy (non-hydrogen) atoms. The molecule has 2 aromatic carbocycles. The van der Waals surface area contributed by atoms with E-state index in [1.54, 1.807) is 37.3 Å². The molecule has 0 aliphatic carbocycles. The average molecular weight is 471 g/mol. The number of carbonyl (C=O) groups excluding carboxylic acids is 1. The van der Waals surface area contributed by atoms with Gasteiger partial charge in [-0.2, -0.15) is 0 Å². The zero-order valence-corrected chi connectivity index (χ0v) is 18.5. The van der Waals surface area contributed by atoms with Crippen LogP contribution in [0.4, 0.5) is 5.69 Å². The van der Waals surface area contributed by atoms with Crippen molar-refractivity contribution in [2.75, 3.05) is 5.32 Å². The van der Waals surface area contributed by atoms with Crippen molar-refractivity contribution in [3.8, 4) is 0 Å². The Kier molecular flexibility index (Phi) is 8.93. The lowest BCUT2D eigenvalue weighted by Gasteiger charge is -2.33. The smallest absolute Gasteiger partial charge is 0.481 e. The first-order valence-corrected chi connectivity index (χ1v) is 10.5. The van der Waals surface area contributed by atoms with E-state index in [9.17, 15) is 44.5 Å². The molecule has 10 nitrogen and oxygen atoms in total. The molecule has 0 saturated carbocycles. The van der Waals surface area contributed by atoms with E-state index in [4.69, 9.17) is 0 Å². The number of hydrogen-bond donors (Lipinski definition) is 6. The van der Waals surface area contributed by atoms with Gasteiger partial charge in [-0.25, -0.2) is 0 Å². The van der Waals surface area contributed by atoms with Crippen molar-refractivity contribution in [1.29, 1.82) is 0 Å². The predicted octanol–water partition coefficient (Wildman–Crippen LogP) is 0.847. The van der Waals surface area contributed by atoms with Gasteiger partial charge in [0.1, 0.15) is 0 Å². The minimum atomic E-state index is -1.90. The van der Waals surface area contributed by atoms with Crippen LogP contribution in [0.5, 0.6) is 0 Å². The molecule has 0 heterocycles. The summed E-state index contributed by atoms with van der Waals surface area (Å²) in [6.45, 7) is 2.65. The Bertz CT molecular complexity index is 1040. The fourth-order valence-electron chi connectivity index (χ4n) is 4.03. The third kappa shape index (κ3) is 6.21. The molecule has 2 aromatic rings. The normalized spacial score (nSPS) is 15.3. The maximum atomic E-state index is 13.4. The van der Waals surface area contributed by atoms with Crippen molar-refractivity contribution in [1.82, 2.24) is 0 Å². The van der Waals surface area contributed by atoms with Crippen molar-refractivity contribution >= 4 is 42.1 Å². The van der Waals surface area contributed by atoms with Crippen molar-refractivity contribution in [2.24, 2.45) is 23.7 Å². The minimum absolute atomic E-state index is 0.0724. The van der Waals surface area contributed by atoms with Gasteiger partial charge in [-0.1, -0.05) is 56.3 Å². The zero-order valence-electron chi connectivity index (χ0n) is 18.5. The van der Waals surface area contributed by atoms with Crippen LogP contribution in [0.2, 0.25) is 0 Å². The van der Waals surface area contributed by atoms with Crippen LogP contribution in [0.25, 0.3) is 0 Å². The van der Waals surface area contributed by atoms with E-state index in [2.05, 4.69) is 5.32 Å². The van der Waals surface area contributed by atoms with Gasteiger partial charge in [0, 0.05) is 5.69 Å². The number of carboxylic acid groups (broad SMARTS) is 3. The lowest BCUT2D eigenvalue weighted by molar-refractivity contribution is -0.165. The maximum absolute atomic E-state index is 13.4. The summed E-state index contributed by atoms with van der Waals surface area (Å²) in [5, 5.41) is 50.5. The summed E-state index contributed by atoms with van der Waals surface area (Å²) in [4.78, 5) is 49.4. The van der Waals surface area contributed by atoms with Crippen LogP contribution in [-0.4, -0.2) is 56.3 Å². The third-order valence-corrected chi connectivity index (χ3v) is 5.89. The van der Waals surface area contributed by atoms with Gasteiger partial charge in [0.05, 0.1) is 23.7 Å². The molecule has 2 rings (SSSR count). The number of amides is 1. The number of hydrogen-bond acceptors (Lipinski definition) is 6. The van der Waals surface area contributed by atoms with Crippen molar-refractivity contribution in [2.45, 2.75) is 19.8 Å². The van der Waals surface area contributed by atoms with Crippen LogP contribution in [0, 0.1) is 23.7 Å². The van der Waals surface area contributed by atoms with E-state index in [-0.39, 0.29) is 11.2 Å². The standard InChI is InChI=1S/C23H26BNO9/c1-12(14-7-4-3-5-8-14)17(19(23(31)32)18(22(29)30)13(2)21(27)28)20(26)25-16-10-6-9-15(11-16)24(33)34/h3-13,17-19,33-34H,1-2H3,(H,25,26)(H,27,28)(H,29,30)(H,31,32). The van der Waals surface area contributed by atoms with E-state index in [0.29, 0.717) is 5.56 Å². The number of benzene rings is 2. The molecular weight excluding hydrogens is 445 g/mol. The molecule has 0 fully saturated rings. The average Bonchev–Trinajstić information content (AvgIpc) is 2.78. The van der Waals surface area contributed by atoms with E-state index < -0.39 is 60.5 Å². The first-order valence-electron chi connectivity index (χ1n) is 10.5. The molecule has 6 N–H and O–H groups in total. The Morgan fingerprint density at radius 2 is 1.35 bits per heavy atom. The summed E-state index contributed by atoms with van der Waals surface area (Å²) in [6.07, 6.45) is 0. The molecule has 1 amide bonds. The molecule has 0 aliphatic rings. The molecule has 11 heteroatoms. The van der Waals surface area contributed by atoms with E-state index >= 15 is 0 Å². The second kappa shape index (κ2) is 11.4. The molecule has 5 atom stereocenters. The monoisotopic (exact) mass is 471 g/mol. The number of anilines is 1. The molecular formula is C23H26BNO9. The SMILES string of the molecule is CC(C(=O)O)C(C(=O)O)C(C(=O)O)C(C(=O)Nc1cccc(B(O)O)c1)C(C)c1ccccc1. The van der Waals surface area contributed by atoms with E-state index in [1.807, 2.05) is 0 Å². The minimum Gasteiger partial charge on any atom is -0.481 e. The second-order valence-corrected chi connectivity index (χ2v) is 8.07. The first kappa shape index (κ1) is 26.6. The highest BCUT2D eigenvalue weighted by molar-refractivity contribution is 6.58. The Morgan fingerprint density at radius 3 is 1.85 bits per heavy atom. The molecule has 0 radical (unpaired) electrons. The highest BCUT2D eigenvalue weighted by atomic mass is 16.4. The molecule has 0 aromatic heterocycles. The molecule has 0 saturated heterocycles. The Balaban J connectivity index is 2.59. The van der Waals surface area contributed by atoms with Gasteiger partial charge < -0.3 is 30.7 Å². The molecule has 0 bridgehead atoms. The lowest BCUT2D eigenvalue weighted by Crippen LogP contribution is -2.46. The summed E-state index contributed by atoms with van der Waals surface area (Å²) in [5.74, 6) is -13.3. The summed E-state index contributed by atoms with van der Waals surface area (Å²) in [6, 6.07) is 14.0. The summed E-state index contributed by atoms with van der Waals surface area (Å²) in [5.41, 5.74) is 0.756. The zero-order chi connectivity index (χ0) is 25.6. The van der Waals surface area contributed by atoms with E-state index in [1.165, 1.54) is 24.3 Å². The third-order valence-electron chi connectivity index (χ3n) is 5.89. The van der Waals surface area contributed by atoms with Crippen LogP contribution in [-0.2, 0) is 19.2 Å². The lowest BCUT2D eigenvalue weighted by atomic mass is 9.69. The van der Waals surface area contributed by atoms with Gasteiger partial charge in [0.2, 0.25) is 5.91 Å². The summed E-state index contributed by atoms with van der Waals surface area (Å²) < 4.78 is 0. The molecule has 180 valence electrons. The fourth-order valence-corrected chi connectivity index (χ4v) is 4.03. The van der Waals surface area contributed by atoms with Crippen LogP contribution in [0.3, 0.4) is 0 Å². The number of rotatable bonds is 11. The summed E-state index contributed by atoms with van der Waals surface area (Å²) >= 11 is 0. The van der Waals surface area contributed by atoms with Crippen LogP contribution in [0.1, 0.15) is 25.3 Å². The number of carbonyl (C=O) groups is 4. The van der Waals surface area contributed by atoms with Gasteiger partial charge in [0.15, 0.2) is 0 Å². The largest absolute Gasteiger partial charge is 0.488 e. The van der Waals surface area contributed by atoms with Crippen LogP contribution < -0.4 is 10.8 Å². The number of aliphatic carboxylic acids is 3. The topological polar surface area (TPSA) is 181 Å². The molecule has 0 aliphatic heterocycles. The number of nitrogens with one attached hydrogen (secondary N) is 1. The quantitative estimate of drug-likeness (QED) is 0.259. The predicted molar refractivity (Wildman–Crippen MR) is 122 cm³/mol. The second-order valence-electron chi connectivity index (χ2n) is 8.07. The first-order chi connectivity index (χ1) is 16.0. The Morgan fingerprint density at radius 1 is 0.765 bits per heavy atom. The summed E-state index contributed by atoms with van der Waals surface area (Å²) in [7, 11) is -1.81. The van der Waals surface area contributed by atoms with Gasteiger partial charge >= 0.3 is 25.0 Å². The molecule has 5 unspecified atom stereocenters. The Hall–Kier alpha value is -3.70. The van der Waals surface area contributed by atoms with Crippen molar-refractivity contribution in [3.63, 3.8) is 0 Å². The highest BCUT2D eigenvalue weighted by Gasteiger charge is 2.49. The van der Waals surface area contributed by atoms with Gasteiger partial charge in [-0.05, 0) is 29.1 Å². The van der Waals surface area contributed by atoms with Crippen LogP contribution >= 0.6 is 0 Å². The van der Waals surface area contributed by atoms with Crippen molar-refractivity contribution in [3.05, 3.63) is 60.2 Å².